The van der Waals surface area contributed by atoms with Crippen LogP contribution in [0.2, 0.25) is 0 Å². The summed E-state index contributed by atoms with van der Waals surface area (Å²) >= 11 is 0. The van der Waals surface area contributed by atoms with Gasteiger partial charge in [-0.3, -0.25) is 0 Å². The number of aromatic nitrogens is 1. The summed E-state index contributed by atoms with van der Waals surface area (Å²) in [4.78, 5) is 14.2. The molecule has 3 heterocycles. The Balaban J connectivity index is 1.52. The quantitative estimate of drug-likeness (QED) is 0.842. The molecule has 7 heteroatoms. The summed E-state index contributed by atoms with van der Waals surface area (Å²) in [5, 5.41) is 13.2. The highest BCUT2D eigenvalue weighted by Gasteiger charge is 2.30. The fraction of sp³-hybridized carbons (Fsp3) is 0.471. The van der Waals surface area contributed by atoms with Crippen LogP contribution >= 0.6 is 0 Å². The molecule has 7 nitrogen and oxygen atoms in total. The van der Waals surface area contributed by atoms with Crippen LogP contribution in [-0.4, -0.2) is 52.9 Å². The van der Waals surface area contributed by atoms with E-state index in [-0.39, 0.29) is 12.1 Å². The van der Waals surface area contributed by atoms with Gasteiger partial charge < -0.3 is 29.0 Å². The first-order valence-corrected chi connectivity index (χ1v) is 8.18. The molecule has 2 unspecified atom stereocenters. The van der Waals surface area contributed by atoms with E-state index in [1.54, 1.807) is 17.0 Å². The third kappa shape index (κ3) is 4.18. The van der Waals surface area contributed by atoms with Crippen LogP contribution < -0.4 is 5.32 Å². The molecule has 2 amide bonds. The van der Waals surface area contributed by atoms with Crippen molar-refractivity contribution in [2.45, 2.75) is 25.1 Å². The monoisotopic (exact) mass is 333 g/mol. The minimum absolute atomic E-state index is 0.123. The van der Waals surface area contributed by atoms with E-state index in [4.69, 9.17) is 9.15 Å². The van der Waals surface area contributed by atoms with E-state index in [1.807, 2.05) is 29.1 Å². The Kier molecular flexibility index (Phi) is 5.55. The number of hydrogen-bond donors (Lipinski definition) is 2. The lowest BCUT2D eigenvalue weighted by atomic mass is 10.1. The maximum atomic E-state index is 12.4. The summed E-state index contributed by atoms with van der Waals surface area (Å²) in [5.41, 5.74) is 0. The molecule has 0 bridgehead atoms. The Bertz CT molecular complexity index is 612. The first kappa shape index (κ1) is 16.6. The van der Waals surface area contributed by atoms with Gasteiger partial charge in [-0.2, -0.15) is 0 Å². The summed E-state index contributed by atoms with van der Waals surface area (Å²) in [6.45, 7) is 2.73. The Labute approximate surface area is 140 Å². The van der Waals surface area contributed by atoms with Crippen LogP contribution in [0.1, 0.15) is 18.3 Å². The lowest BCUT2D eigenvalue weighted by molar-refractivity contribution is -0.00967. The first-order valence-electron chi connectivity index (χ1n) is 8.18. The minimum atomic E-state index is -0.748. The maximum absolute atomic E-state index is 12.4. The molecular weight excluding hydrogens is 310 g/mol. The SMILES string of the molecule is O=C(NCCn1cccc1)N1CCOCC1CC(O)c1ccco1. The highest BCUT2D eigenvalue weighted by Crippen LogP contribution is 2.23. The average Bonchev–Trinajstić information content (AvgIpc) is 3.29. The van der Waals surface area contributed by atoms with Gasteiger partial charge >= 0.3 is 6.03 Å². The number of hydrogen-bond acceptors (Lipinski definition) is 4. The number of nitrogens with zero attached hydrogens (tertiary/aromatic N) is 2. The number of amides is 2. The molecule has 24 heavy (non-hydrogen) atoms. The summed E-state index contributed by atoms with van der Waals surface area (Å²) < 4.78 is 12.7. The summed E-state index contributed by atoms with van der Waals surface area (Å²) in [6, 6.07) is 7.08. The Morgan fingerprint density at radius 3 is 2.96 bits per heavy atom. The van der Waals surface area contributed by atoms with Gasteiger partial charge in [0.05, 0.1) is 25.5 Å². The number of morpholine rings is 1. The molecule has 1 fully saturated rings. The second-order valence-electron chi connectivity index (χ2n) is 5.84. The fourth-order valence-corrected chi connectivity index (χ4v) is 2.88. The Morgan fingerprint density at radius 2 is 2.21 bits per heavy atom. The zero-order valence-electron chi connectivity index (χ0n) is 13.5. The van der Waals surface area contributed by atoms with Crippen molar-refractivity contribution < 1.29 is 19.1 Å². The molecule has 0 spiro atoms. The Hall–Kier alpha value is -2.25. The highest BCUT2D eigenvalue weighted by molar-refractivity contribution is 5.74. The molecule has 2 atom stereocenters. The van der Waals surface area contributed by atoms with E-state index < -0.39 is 6.10 Å². The average molecular weight is 333 g/mol. The predicted octanol–water partition coefficient (Wildman–Crippen LogP) is 1.62. The molecule has 0 aromatic carbocycles. The molecule has 1 aliphatic rings. The van der Waals surface area contributed by atoms with Gasteiger partial charge in [0.15, 0.2) is 0 Å². The van der Waals surface area contributed by atoms with Crippen LogP contribution in [0.5, 0.6) is 0 Å². The minimum Gasteiger partial charge on any atom is -0.467 e. The van der Waals surface area contributed by atoms with E-state index in [0.717, 1.165) is 6.54 Å². The van der Waals surface area contributed by atoms with Crippen LogP contribution in [-0.2, 0) is 11.3 Å². The van der Waals surface area contributed by atoms with E-state index in [1.165, 1.54) is 6.26 Å². The van der Waals surface area contributed by atoms with Crippen molar-refractivity contribution in [3.63, 3.8) is 0 Å². The van der Waals surface area contributed by atoms with Crippen LogP contribution in [0, 0.1) is 0 Å². The van der Waals surface area contributed by atoms with Crippen molar-refractivity contribution in [1.82, 2.24) is 14.8 Å². The third-order valence-electron chi connectivity index (χ3n) is 4.17. The van der Waals surface area contributed by atoms with Gasteiger partial charge in [-0.05, 0) is 24.3 Å². The number of aliphatic hydroxyl groups excluding tert-OH is 1. The number of aliphatic hydroxyl groups is 1. The lowest BCUT2D eigenvalue weighted by Gasteiger charge is -2.36. The predicted molar refractivity (Wildman–Crippen MR) is 87.4 cm³/mol. The van der Waals surface area contributed by atoms with Crippen LogP contribution in [0.25, 0.3) is 0 Å². The van der Waals surface area contributed by atoms with Gasteiger partial charge in [0, 0.05) is 38.4 Å². The topological polar surface area (TPSA) is 79.9 Å². The van der Waals surface area contributed by atoms with Crippen LogP contribution in [0.4, 0.5) is 4.79 Å². The molecule has 2 aromatic heterocycles. The van der Waals surface area contributed by atoms with E-state index >= 15 is 0 Å². The molecule has 1 aliphatic heterocycles. The summed E-state index contributed by atoms with van der Waals surface area (Å²) in [5.74, 6) is 0.508. The van der Waals surface area contributed by atoms with Crippen LogP contribution in [0.3, 0.4) is 0 Å². The molecule has 0 saturated carbocycles. The van der Waals surface area contributed by atoms with Gasteiger partial charge in [-0.25, -0.2) is 4.79 Å². The number of urea groups is 1. The number of carbonyl (C=O) groups excluding carboxylic acids is 1. The van der Waals surface area contributed by atoms with Crippen molar-refractivity contribution in [2.75, 3.05) is 26.3 Å². The van der Waals surface area contributed by atoms with Crippen molar-refractivity contribution in [2.24, 2.45) is 0 Å². The van der Waals surface area contributed by atoms with Crippen molar-refractivity contribution in [1.29, 1.82) is 0 Å². The zero-order valence-corrected chi connectivity index (χ0v) is 13.5. The normalized spacial score (nSPS) is 19.2. The largest absolute Gasteiger partial charge is 0.467 e. The number of furan rings is 1. The first-order chi connectivity index (χ1) is 11.7. The maximum Gasteiger partial charge on any atom is 0.317 e. The molecule has 1 saturated heterocycles. The van der Waals surface area contributed by atoms with Gasteiger partial charge in [-0.1, -0.05) is 0 Å². The summed E-state index contributed by atoms with van der Waals surface area (Å²) in [7, 11) is 0. The second kappa shape index (κ2) is 8.03. The van der Waals surface area contributed by atoms with Gasteiger partial charge in [0.1, 0.15) is 11.9 Å². The molecular formula is C17H23N3O4. The number of ether oxygens (including phenoxy) is 1. The number of carbonyl (C=O) groups is 1. The number of rotatable bonds is 6. The van der Waals surface area contributed by atoms with Gasteiger partial charge in [-0.15, -0.1) is 0 Å². The summed E-state index contributed by atoms with van der Waals surface area (Å²) in [6.07, 6.45) is 5.09. The van der Waals surface area contributed by atoms with Crippen molar-refractivity contribution in [3.8, 4) is 0 Å². The van der Waals surface area contributed by atoms with Crippen molar-refractivity contribution in [3.05, 3.63) is 48.7 Å². The van der Waals surface area contributed by atoms with Crippen LogP contribution in [0.15, 0.2) is 47.3 Å². The molecule has 130 valence electrons. The van der Waals surface area contributed by atoms with Gasteiger partial charge in [0.25, 0.3) is 0 Å². The standard InChI is InChI=1S/C17H23N3O4/c21-15(16-4-3-10-24-16)12-14-13-23-11-9-20(14)17(22)18-5-8-19-6-1-2-7-19/h1-4,6-7,10,14-15,21H,5,8-9,11-13H2,(H,18,22). The Morgan fingerprint density at radius 1 is 1.38 bits per heavy atom. The fourth-order valence-electron chi connectivity index (χ4n) is 2.88. The molecule has 0 radical (unpaired) electrons. The smallest absolute Gasteiger partial charge is 0.317 e. The van der Waals surface area contributed by atoms with E-state index in [9.17, 15) is 9.90 Å². The number of nitrogens with one attached hydrogen (secondary N) is 1. The molecule has 0 aliphatic carbocycles. The molecule has 2 N–H and O–H groups in total. The second-order valence-corrected chi connectivity index (χ2v) is 5.84. The zero-order chi connectivity index (χ0) is 16.8. The molecule has 2 aromatic rings. The van der Waals surface area contributed by atoms with Gasteiger partial charge in [0.2, 0.25) is 0 Å². The highest BCUT2D eigenvalue weighted by atomic mass is 16.5. The lowest BCUT2D eigenvalue weighted by Crippen LogP contribution is -2.53. The van der Waals surface area contributed by atoms with E-state index in [2.05, 4.69) is 5.32 Å². The van der Waals surface area contributed by atoms with Crippen molar-refractivity contribution >= 4 is 6.03 Å². The van der Waals surface area contributed by atoms with E-state index in [0.29, 0.717) is 38.5 Å². The third-order valence-corrected chi connectivity index (χ3v) is 4.17. The molecule has 3 rings (SSSR count).